The van der Waals surface area contributed by atoms with Gasteiger partial charge < -0.3 is 4.57 Å². The summed E-state index contributed by atoms with van der Waals surface area (Å²) < 4.78 is 2.41. The summed E-state index contributed by atoms with van der Waals surface area (Å²) in [4.78, 5) is 20.3. The van der Waals surface area contributed by atoms with Gasteiger partial charge in [0.15, 0.2) is 5.13 Å². The molecule has 3 rings (SSSR count). The number of carbonyl (C=O) groups is 1. The summed E-state index contributed by atoms with van der Waals surface area (Å²) in [5.41, 5.74) is 1.64. The summed E-state index contributed by atoms with van der Waals surface area (Å²) >= 11 is 7.03. The molecule has 0 unspecified atom stereocenters. The smallest absolute Gasteiger partial charge is 0.274 e. The zero-order valence-electron chi connectivity index (χ0n) is 10.9. The molecule has 0 bridgehead atoms. The summed E-state index contributed by atoms with van der Waals surface area (Å²) in [5.74, 6) is -0.208. The van der Waals surface area contributed by atoms with Gasteiger partial charge in [-0.25, -0.2) is 4.98 Å². The number of aromatic nitrogens is 3. The molecule has 0 aliphatic heterocycles. The third kappa shape index (κ3) is 3.29. The number of halogens is 1. The molecular weight excluding hydrogens is 308 g/mol. The van der Waals surface area contributed by atoms with E-state index in [9.17, 15) is 4.79 Å². The van der Waals surface area contributed by atoms with Crippen molar-refractivity contribution in [3.8, 4) is 0 Å². The summed E-state index contributed by atoms with van der Waals surface area (Å²) in [6.07, 6.45) is 6.84. The van der Waals surface area contributed by atoms with Crippen LogP contribution in [-0.4, -0.2) is 20.4 Å². The monoisotopic (exact) mass is 318 g/mol. The number of carbonyl (C=O) groups excluding carboxylic acids is 1. The van der Waals surface area contributed by atoms with Gasteiger partial charge in [-0.15, -0.1) is 0 Å². The van der Waals surface area contributed by atoms with Crippen molar-refractivity contribution in [3.05, 3.63) is 64.6 Å². The molecule has 0 fully saturated rings. The molecular formula is C14H11ClN4OS. The lowest BCUT2D eigenvalue weighted by Crippen LogP contribution is -2.17. The Labute approximate surface area is 130 Å². The van der Waals surface area contributed by atoms with Gasteiger partial charge >= 0.3 is 0 Å². The summed E-state index contributed by atoms with van der Waals surface area (Å²) in [5, 5.41) is 3.23. The normalized spacial score (nSPS) is 10.5. The highest BCUT2D eigenvalue weighted by Crippen LogP contribution is 2.23. The lowest BCUT2D eigenvalue weighted by Gasteiger charge is -2.08. The maximum absolute atomic E-state index is 12.3. The second kappa shape index (κ2) is 6.07. The van der Waals surface area contributed by atoms with E-state index in [-0.39, 0.29) is 5.91 Å². The van der Waals surface area contributed by atoms with Crippen molar-refractivity contribution in [2.24, 2.45) is 0 Å². The molecule has 0 aliphatic carbocycles. The van der Waals surface area contributed by atoms with Crippen LogP contribution in [0.5, 0.6) is 0 Å². The van der Waals surface area contributed by atoms with Gasteiger partial charge in [-0.05, 0) is 29.8 Å². The van der Waals surface area contributed by atoms with Gasteiger partial charge in [0.1, 0.15) is 10.0 Å². The summed E-state index contributed by atoms with van der Waals surface area (Å²) in [6.45, 7) is 0.608. The lowest BCUT2D eigenvalue weighted by molar-refractivity contribution is 0.101. The molecule has 0 aliphatic rings. The Morgan fingerprint density at radius 3 is 2.86 bits per heavy atom. The van der Waals surface area contributed by atoms with Gasteiger partial charge in [-0.1, -0.05) is 22.9 Å². The molecule has 1 amide bonds. The Hall–Kier alpha value is -2.18. The van der Waals surface area contributed by atoms with Gasteiger partial charge in [-0.2, -0.15) is 0 Å². The van der Waals surface area contributed by atoms with E-state index in [0.717, 1.165) is 5.56 Å². The first kappa shape index (κ1) is 13.8. The van der Waals surface area contributed by atoms with Gasteiger partial charge in [0.25, 0.3) is 5.91 Å². The van der Waals surface area contributed by atoms with Crippen molar-refractivity contribution in [1.29, 1.82) is 0 Å². The van der Waals surface area contributed by atoms with Crippen LogP contribution in [0.4, 0.5) is 5.13 Å². The minimum Gasteiger partial charge on any atom is -0.339 e. The Bertz CT molecular complexity index is 753. The van der Waals surface area contributed by atoms with Gasteiger partial charge in [0, 0.05) is 25.1 Å². The van der Waals surface area contributed by atoms with Crippen molar-refractivity contribution in [2.75, 3.05) is 5.32 Å². The fourth-order valence-electron chi connectivity index (χ4n) is 1.92. The minimum atomic E-state index is -0.208. The molecule has 1 N–H and O–H groups in total. The average Bonchev–Trinajstić information content (AvgIpc) is 3.09. The largest absolute Gasteiger partial charge is 0.339 e. The van der Waals surface area contributed by atoms with E-state index in [2.05, 4.69) is 15.3 Å². The van der Waals surface area contributed by atoms with Crippen LogP contribution in [0.2, 0.25) is 4.34 Å². The van der Waals surface area contributed by atoms with E-state index in [1.54, 1.807) is 18.5 Å². The molecule has 3 aromatic heterocycles. The molecule has 0 atom stereocenters. The molecule has 0 spiro atoms. The minimum absolute atomic E-state index is 0.208. The van der Waals surface area contributed by atoms with Crippen molar-refractivity contribution < 1.29 is 4.79 Å². The van der Waals surface area contributed by atoms with Crippen LogP contribution >= 0.6 is 22.9 Å². The number of nitrogens with one attached hydrogen (secondary N) is 1. The second-order valence-corrected chi connectivity index (χ2v) is 5.96. The fraction of sp³-hybridized carbons (Fsp3) is 0.0714. The van der Waals surface area contributed by atoms with Gasteiger partial charge in [-0.3, -0.25) is 15.1 Å². The Kier molecular flexibility index (Phi) is 3.98. The van der Waals surface area contributed by atoms with E-state index >= 15 is 0 Å². The van der Waals surface area contributed by atoms with Crippen molar-refractivity contribution in [1.82, 2.24) is 14.5 Å². The van der Waals surface area contributed by atoms with Crippen molar-refractivity contribution in [3.63, 3.8) is 0 Å². The number of amides is 1. The van der Waals surface area contributed by atoms with E-state index < -0.39 is 0 Å². The SMILES string of the molecule is O=C(Nc1ncc(Cl)s1)c1cccn1Cc1ccncc1. The average molecular weight is 319 g/mol. The lowest BCUT2D eigenvalue weighted by atomic mass is 10.2. The van der Waals surface area contributed by atoms with E-state index in [1.165, 1.54) is 17.5 Å². The van der Waals surface area contributed by atoms with Crippen LogP contribution in [0.3, 0.4) is 0 Å². The highest BCUT2D eigenvalue weighted by atomic mass is 35.5. The predicted molar refractivity (Wildman–Crippen MR) is 82.8 cm³/mol. The highest BCUT2D eigenvalue weighted by Gasteiger charge is 2.13. The van der Waals surface area contributed by atoms with E-state index in [4.69, 9.17) is 11.6 Å². The van der Waals surface area contributed by atoms with Gasteiger partial charge in [0.05, 0.1) is 6.20 Å². The van der Waals surface area contributed by atoms with Crippen LogP contribution in [-0.2, 0) is 6.54 Å². The topological polar surface area (TPSA) is 59.8 Å². The molecule has 7 heteroatoms. The summed E-state index contributed by atoms with van der Waals surface area (Å²) in [7, 11) is 0. The van der Waals surface area contributed by atoms with Crippen LogP contribution in [0.1, 0.15) is 16.1 Å². The Morgan fingerprint density at radius 1 is 1.33 bits per heavy atom. The molecule has 5 nitrogen and oxygen atoms in total. The number of thiazole rings is 1. The molecule has 0 saturated carbocycles. The zero-order chi connectivity index (χ0) is 14.7. The van der Waals surface area contributed by atoms with Crippen molar-refractivity contribution in [2.45, 2.75) is 6.54 Å². The molecule has 106 valence electrons. The Morgan fingerprint density at radius 2 is 2.14 bits per heavy atom. The number of rotatable bonds is 4. The van der Waals surface area contributed by atoms with Crippen LogP contribution in [0.15, 0.2) is 49.1 Å². The third-order valence-electron chi connectivity index (χ3n) is 2.86. The number of pyridine rings is 1. The van der Waals surface area contributed by atoms with Crippen LogP contribution in [0, 0.1) is 0 Å². The number of hydrogen-bond acceptors (Lipinski definition) is 4. The third-order valence-corrected chi connectivity index (χ3v) is 3.89. The number of hydrogen-bond donors (Lipinski definition) is 1. The second-order valence-electron chi connectivity index (χ2n) is 4.30. The molecule has 0 saturated heterocycles. The quantitative estimate of drug-likeness (QED) is 0.803. The van der Waals surface area contributed by atoms with Crippen molar-refractivity contribution >= 4 is 34.0 Å². The number of nitrogens with zero attached hydrogens (tertiary/aromatic N) is 3. The first-order valence-corrected chi connectivity index (χ1v) is 7.38. The highest BCUT2D eigenvalue weighted by molar-refractivity contribution is 7.19. The zero-order valence-corrected chi connectivity index (χ0v) is 12.4. The molecule has 0 radical (unpaired) electrons. The van der Waals surface area contributed by atoms with E-state index in [0.29, 0.717) is 21.7 Å². The first-order chi connectivity index (χ1) is 10.2. The fourth-order valence-corrected chi connectivity index (χ4v) is 2.72. The number of anilines is 1. The van der Waals surface area contributed by atoms with Crippen LogP contribution in [0.25, 0.3) is 0 Å². The standard InChI is InChI=1S/C14H11ClN4OS/c15-12-8-17-14(21-12)18-13(20)11-2-1-7-19(11)9-10-3-5-16-6-4-10/h1-8H,9H2,(H,17,18,20). The van der Waals surface area contributed by atoms with Gasteiger partial charge in [0.2, 0.25) is 0 Å². The maximum atomic E-state index is 12.3. The molecule has 3 heterocycles. The van der Waals surface area contributed by atoms with E-state index in [1.807, 2.05) is 29.0 Å². The Balaban J connectivity index is 1.77. The van der Waals surface area contributed by atoms with Crippen LogP contribution < -0.4 is 5.32 Å². The first-order valence-electron chi connectivity index (χ1n) is 6.19. The summed E-state index contributed by atoms with van der Waals surface area (Å²) in [6, 6.07) is 7.45. The molecule has 3 aromatic rings. The molecule has 0 aromatic carbocycles. The maximum Gasteiger partial charge on any atom is 0.274 e. The molecule has 21 heavy (non-hydrogen) atoms. The predicted octanol–water partition coefficient (Wildman–Crippen LogP) is 3.29.